The van der Waals surface area contributed by atoms with E-state index in [1.165, 1.54) is 67.9 Å². The molecule has 1 heterocycles. The Labute approximate surface area is 173 Å². The van der Waals surface area contributed by atoms with Crippen LogP contribution < -0.4 is 4.74 Å². The maximum atomic E-state index is 13.5. The number of hydrogen-bond donors (Lipinski definition) is 0. The van der Waals surface area contributed by atoms with Gasteiger partial charge in [-0.15, -0.1) is 0 Å². The van der Waals surface area contributed by atoms with Crippen molar-refractivity contribution in [3.63, 3.8) is 0 Å². The van der Waals surface area contributed by atoms with E-state index >= 15 is 0 Å². The maximum Gasteiger partial charge on any atom is 0.343 e. The summed E-state index contributed by atoms with van der Waals surface area (Å²) in [6.45, 7) is 2.27. The minimum Gasteiger partial charge on any atom is -0.423 e. The number of carbonyl (C=O) groups excluding carboxylic acids is 1. The summed E-state index contributed by atoms with van der Waals surface area (Å²) in [4.78, 5) is 12.3. The van der Waals surface area contributed by atoms with E-state index in [1.54, 1.807) is 0 Å². The Hall–Kier alpha value is -1.65. The molecule has 0 saturated carbocycles. The van der Waals surface area contributed by atoms with E-state index in [2.05, 4.69) is 6.92 Å². The van der Waals surface area contributed by atoms with Gasteiger partial charge in [0.2, 0.25) is 0 Å². The molecule has 1 aliphatic heterocycles. The van der Waals surface area contributed by atoms with Gasteiger partial charge in [-0.05, 0) is 48.6 Å². The Morgan fingerprint density at radius 2 is 1.86 bits per heavy atom. The van der Waals surface area contributed by atoms with Gasteiger partial charge < -0.3 is 4.74 Å². The van der Waals surface area contributed by atoms with Crippen LogP contribution in [0.15, 0.2) is 42.5 Å². The quantitative estimate of drug-likeness (QED) is 0.205. The highest BCUT2D eigenvalue weighted by Crippen LogP contribution is 2.35. The van der Waals surface area contributed by atoms with Crippen LogP contribution in [0.5, 0.6) is 5.75 Å². The van der Waals surface area contributed by atoms with Crippen LogP contribution in [0.25, 0.3) is 0 Å². The van der Waals surface area contributed by atoms with E-state index in [1.807, 2.05) is 24.3 Å². The van der Waals surface area contributed by atoms with Crippen LogP contribution in [0.1, 0.15) is 60.9 Å². The second kappa shape index (κ2) is 10.2. The van der Waals surface area contributed by atoms with Crippen LogP contribution in [-0.2, 0) is 0 Å². The fourth-order valence-electron chi connectivity index (χ4n) is 3.83. The molecule has 5 heteroatoms. The largest absolute Gasteiger partial charge is 0.423 e. The Bertz CT molecular complexity index is 786. The summed E-state index contributed by atoms with van der Waals surface area (Å²) in [5, 5.41) is 0.00600. The molecule has 0 N–H and O–H groups in total. The number of halogens is 2. The van der Waals surface area contributed by atoms with Crippen LogP contribution >= 0.6 is 11.6 Å². The van der Waals surface area contributed by atoms with E-state index in [-0.39, 0.29) is 19.6 Å². The molecule has 28 heavy (non-hydrogen) atoms. The molecule has 149 valence electrons. The van der Waals surface area contributed by atoms with Gasteiger partial charge in [-0.25, -0.2) is 9.18 Å². The molecule has 3 rings (SSSR count). The van der Waals surface area contributed by atoms with E-state index < -0.39 is 11.8 Å². The van der Waals surface area contributed by atoms with Crippen LogP contribution in [-0.4, -0.2) is 14.8 Å². The lowest BCUT2D eigenvalue weighted by molar-refractivity contribution is 0.0734. The maximum absolute atomic E-state index is 13.5. The minimum atomic E-state index is -0.602. The second-order valence-corrected chi connectivity index (χ2v) is 11.0. The number of hydrogen-bond acceptors (Lipinski definition) is 2. The number of unbranched alkanes of at least 4 members (excludes halogenated alkanes) is 2. The highest BCUT2D eigenvalue weighted by atomic mass is 35.5. The summed E-state index contributed by atoms with van der Waals surface area (Å²) < 4.78 is 18.7. The minimum absolute atomic E-state index is 0.00600. The molecular formula is C23H27ClFO2Si. The van der Waals surface area contributed by atoms with Gasteiger partial charge in [0.25, 0.3) is 0 Å². The topological polar surface area (TPSA) is 26.3 Å². The van der Waals surface area contributed by atoms with Crippen LogP contribution in [0.3, 0.4) is 0 Å². The molecule has 0 amide bonds. The van der Waals surface area contributed by atoms with Gasteiger partial charge in [0, 0.05) is 14.9 Å². The second-order valence-electron chi connectivity index (χ2n) is 7.57. The van der Waals surface area contributed by atoms with Crippen molar-refractivity contribution in [2.45, 2.75) is 63.1 Å². The average molecular weight is 418 g/mol. The first kappa shape index (κ1) is 21.1. The summed E-state index contributed by atoms with van der Waals surface area (Å²) in [5.41, 5.74) is 1.78. The monoisotopic (exact) mass is 417 g/mol. The number of benzene rings is 2. The first-order valence-electron chi connectivity index (χ1n) is 10.2. The van der Waals surface area contributed by atoms with E-state index in [0.29, 0.717) is 11.5 Å². The molecule has 2 nitrogen and oxygen atoms in total. The van der Waals surface area contributed by atoms with E-state index in [4.69, 9.17) is 16.3 Å². The molecule has 0 unspecified atom stereocenters. The van der Waals surface area contributed by atoms with Crippen molar-refractivity contribution in [3.05, 3.63) is 64.4 Å². The zero-order chi connectivity index (χ0) is 19.9. The zero-order valence-corrected chi connectivity index (χ0v) is 18.1. The Morgan fingerprint density at radius 3 is 2.50 bits per heavy atom. The first-order valence-corrected chi connectivity index (χ1v) is 12.7. The van der Waals surface area contributed by atoms with Gasteiger partial charge >= 0.3 is 5.97 Å². The number of carbonyl (C=O) groups is 1. The Morgan fingerprint density at radius 1 is 1.14 bits per heavy atom. The summed E-state index contributed by atoms with van der Waals surface area (Å²) >= 11 is 5.65. The molecule has 0 bridgehead atoms. The van der Waals surface area contributed by atoms with Gasteiger partial charge in [0.15, 0.2) is 0 Å². The summed E-state index contributed by atoms with van der Waals surface area (Å²) in [7, 11) is -0.136. The molecule has 0 aromatic heterocycles. The molecule has 0 spiro atoms. The zero-order valence-electron chi connectivity index (χ0n) is 16.3. The van der Waals surface area contributed by atoms with Crippen molar-refractivity contribution in [1.82, 2.24) is 0 Å². The summed E-state index contributed by atoms with van der Waals surface area (Å²) in [5.74, 6) is -0.329. The number of rotatable bonds is 7. The van der Waals surface area contributed by atoms with Crippen LogP contribution in [0.2, 0.25) is 23.2 Å². The standard InChI is InChI=1S/C23H27ClFO2Si/c1-2-3-4-13-28-14-11-18(12-15-28)17-5-7-19(8-6-17)23(26)27-20-9-10-21(24)22(25)16-20/h5-10,16,18H,2-4,11-15H2,1H3. The third kappa shape index (κ3) is 5.68. The molecule has 0 atom stereocenters. The van der Waals surface area contributed by atoms with Crippen molar-refractivity contribution in [3.8, 4) is 5.75 Å². The third-order valence-corrected chi connectivity index (χ3v) is 8.90. The molecule has 0 aliphatic carbocycles. The molecule has 1 fully saturated rings. The normalized spacial score (nSPS) is 15.5. The summed E-state index contributed by atoms with van der Waals surface area (Å²) in [6.07, 6.45) is 6.63. The molecule has 1 radical (unpaired) electrons. The SMILES string of the molecule is CCCCC[Si]1CCC(c2ccc(C(=O)Oc3ccc(Cl)c(F)c3)cc2)CC1. The van der Waals surface area contributed by atoms with Crippen molar-refractivity contribution in [2.75, 3.05) is 0 Å². The lowest BCUT2D eigenvalue weighted by Gasteiger charge is -2.27. The fraction of sp³-hybridized carbons (Fsp3) is 0.435. The van der Waals surface area contributed by atoms with Crippen molar-refractivity contribution in [1.29, 1.82) is 0 Å². The van der Waals surface area contributed by atoms with Gasteiger partial charge in [0.1, 0.15) is 11.6 Å². The number of esters is 1. The lowest BCUT2D eigenvalue weighted by Crippen LogP contribution is -2.20. The Kier molecular flexibility index (Phi) is 7.69. The molecule has 1 saturated heterocycles. The van der Waals surface area contributed by atoms with Gasteiger partial charge in [0.05, 0.1) is 10.6 Å². The van der Waals surface area contributed by atoms with Crippen LogP contribution in [0.4, 0.5) is 4.39 Å². The molecular weight excluding hydrogens is 391 g/mol. The van der Waals surface area contributed by atoms with Crippen LogP contribution in [0, 0.1) is 5.82 Å². The van der Waals surface area contributed by atoms with Gasteiger partial charge in [-0.3, -0.25) is 0 Å². The Balaban J connectivity index is 1.53. The van der Waals surface area contributed by atoms with E-state index in [0.717, 1.165) is 6.07 Å². The predicted octanol–water partition coefficient (Wildman–Crippen LogP) is 7.26. The van der Waals surface area contributed by atoms with Crippen molar-refractivity contribution >= 4 is 26.4 Å². The van der Waals surface area contributed by atoms with Gasteiger partial charge in [-0.1, -0.05) is 68.1 Å². The molecule has 2 aromatic rings. The fourth-order valence-corrected chi connectivity index (χ4v) is 6.96. The van der Waals surface area contributed by atoms with Crippen molar-refractivity contribution in [2.24, 2.45) is 0 Å². The smallest absolute Gasteiger partial charge is 0.343 e. The highest BCUT2D eigenvalue weighted by molar-refractivity contribution is 6.59. The predicted molar refractivity (Wildman–Crippen MR) is 114 cm³/mol. The first-order chi connectivity index (χ1) is 13.6. The highest BCUT2D eigenvalue weighted by Gasteiger charge is 2.23. The van der Waals surface area contributed by atoms with Crippen molar-refractivity contribution < 1.29 is 13.9 Å². The lowest BCUT2D eigenvalue weighted by atomic mass is 9.93. The number of ether oxygens (including phenoxy) is 1. The molecule has 2 aromatic carbocycles. The average Bonchev–Trinajstić information content (AvgIpc) is 2.72. The van der Waals surface area contributed by atoms with Gasteiger partial charge in [-0.2, -0.15) is 0 Å². The molecule has 1 aliphatic rings. The van der Waals surface area contributed by atoms with E-state index in [9.17, 15) is 9.18 Å². The third-order valence-electron chi connectivity index (χ3n) is 5.55. The summed E-state index contributed by atoms with van der Waals surface area (Å²) in [6, 6.07) is 16.0.